The Bertz CT molecular complexity index is 160. The number of methoxy groups -OCH3 is 1. The van der Waals surface area contributed by atoms with Crippen LogP contribution in [-0.4, -0.2) is 26.2 Å². The first-order valence-electron chi connectivity index (χ1n) is 6.57. The summed E-state index contributed by atoms with van der Waals surface area (Å²) >= 11 is 0. The topological polar surface area (TPSA) is 38.3 Å². The molecule has 3 heteroatoms. The Hall–Kier alpha value is -0.570. The molecule has 0 aliphatic heterocycles. The van der Waals surface area contributed by atoms with Crippen molar-refractivity contribution in [3.8, 4) is 0 Å². The van der Waals surface area contributed by atoms with Crippen LogP contribution < -0.4 is 5.32 Å². The Morgan fingerprint density at radius 2 is 1.56 bits per heavy atom. The lowest BCUT2D eigenvalue weighted by Gasteiger charge is -2.04. The normalized spacial score (nSPS) is 10.4. The molecule has 0 rings (SSSR count). The molecular weight excluding hydrogens is 202 g/mol. The molecular formula is C13H27NO2. The van der Waals surface area contributed by atoms with Crippen LogP contribution in [0, 0.1) is 0 Å². The molecule has 0 aliphatic carbocycles. The number of amides is 1. The molecule has 1 N–H and O–H groups in total. The minimum atomic E-state index is -0.00885. The summed E-state index contributed by atoms with van der Waals surface area (Å²) < 4.78 is 4.72. The number of hydrogen-bond acceptors (Lipinski definition) is 2. The molecule has 0 fully saturated rings. The van der Waals surface area contributed by atoms with E-state index in [1.54, 1.807) is 0 Å². The average molecular weight is 229 g/mol. The van der Waals surface area contributed by atoms with Crippen molar-refractivity contribution in [3.05, 3.63) is 0 Å². The Morgan fingerprint density at radius 3 is 2.12 bits per heavy atom. The van der Waals surface area contributed by atoms with Gasteiger partial charge in [0.15, 0.2) is 0 Å². The third-order valence-electron chi connectivity index (χ3n) is 2.63. The second-order valence-corrected chi connectivity index (χ2v) is 4.26. The van der Waals surface area contributed by atoms with E-state index < -0.39 is 0 Å². The molecule has 0 unspecified atom stereocenters. The fraction of sp³-hybridized carbons (Fsp3) is 0.923. The van der Waals surface area contributed by atoms with Crippen LogP contribution in [0.5, 0.6) is 0 Å². The van der Waals surface area contributed by atoms with Crippen molar-refractivity contribution >= 4 is 5.91 Å². The Balaban J connectivity index is 3.01. The first-order chi connectivity index (χ1) is 7.81. The molecule has 0 aromatic rings. The molecule has 1 amide bonds. The van der Waals surface area contributed by atoms with Crippen LogP contribution in [0.3, 0.4) is 0 Å². The van der Waals surface area contributed by atoms with Gasteiger partial charge in [-0.05, 0) is 6.42 Å². The SMILES string of the molecule is CCCCCCCCCCNC(=O)COC. The van der Waals surface area contributed by atoms with Gasteiger partial charge in [-0.2, -0.15) is 0 Å². The summed E-state index contributed by atoms with van der Waals surface area (Å²) in [5, 5.41) is 2.83. The van der Waals surface area contributed by atoms with Crippen molar-refractivity contribution in [2.45, 2.75) is 58.3 Å². The molecule has 0 bridgehead atoms. The maximum Gasteiger partial charge on any atom is 0.245 e. The highest BCUT2D eigenvalue weighted by atomic mass is 16.5. The predicted molar refractivity (Wildman–Crippen MR) is 67.5 cm³/mol. The highest BCUT2D eigenvalue weighted by molar-refractivity contribution is 5.77. The van der Waals surface area contributed by atoms with Crippen LogP contribution in [0.15, 0.2) is 0 Å². The summed E-state index contributed by atoms with van der Waals surface area (Å²) in [7, 11) is 1.54. The molecule has 0 spiro atoms. The second kappa shape index (κ2) is 12.5. The Kier molecular flexibility index (Phi) is 12.1. The van der Waals surface area contributed by atoms with Crippen LogP contribution >= 0.6 is 0 Å². The van der Waals surface area contributed by atoms with E-state index in [4.69, 9.17) is 4.74 Å². The first kappa shape index (κ1) is 15.4. The third kappa shape index (κ3) is 11.5. The van der Waals surface area contributed by atoms with Gasteiger partial charge in [0.2, 0.25) is 5.91 Å². The van der Waals surface area contributed by atoms with E-state index in [0.717, 1.165) is 13.0 Å². The van der Waals surface area contributed by atoms with Gasteiger partial charge in [0.1, 0.15) is 6.61 Å². The number of carbonyl (C=O) groups is 1. The van der Waals surface area contributed by atoms with E-state index in [0.29, 0.717) is 0 Å². The minimum absolute atomic E-state index is 0.00885. The van der Waals surface area contributed by atoms with E-state index in [2.05, 4.69) is 12.2 Å². The number of hydrogen-bond donors (Lipinski definition) is 1. The fourth-order valence-electron chi connectivity index (χ4n) is 1.67. The van der Waals surface area contributed by atoms with Crippen LogP contribution in [0.25, 0.3) is 0 Å². The van der Waals surface area contributed by atoms with E-state index in [1.165, 1.54) is 52.1 Å². The van der Waals surface area contributed by atoms with Gasteiger partial charge in [-0.1, -0.05) is 51.9 Å². The molecule has 0 aliphatic rings. The van der Waals surface area contributed by atoms with Crippen LogP contribution in [0.4, 0.5) is 0 Å². The summed E-state index contributed by atoms with van der Waals surface area (Å²) in [5.74, 6) is -0.00885. The molecule has 0 aromatic carbocycles. The van der Waals surface area contributed by atoms with Gasteiger partial charge >= 0.3 is 0 Å². The Morgan fingerprint density at radius 1 is 1.00 bits per heavy atom. The molecule has 0 radical (unpaired) electrons. The van der Waals surface area contributed by atoms with Crippen molar-refractivity contribution in [2.24, 2.45) is 0 Å². The number of unbranched alkanes of at least 4 members (excludes halogenated alkanes) is 7. The smallest absolute Gasteiger partial charge is 0.245 e. The summed E-state index contributed by atoms with van der Waals surface area (Å²) in [5.41, 5.74) is 0. The lowest BCUT2D eigenvalue weighted by atomic mass is 10.1. The second-order valence-electron chi connectivity index (χ2n) is 4.26. The molecule has 16 heavy (non-hydrogen) atoms. The van der Waals surface area contributed by atoms with Gasteiger partial charge in [-0.15, -0.1) is 0 Å². The number of nitrogens with one attached hydrogen (secondary N) is 1. The zero-order chi connectivity index (χ0) is 12.1. The average Bonchev–Trinajstić information content (AvgIpc) is 2.27. The fourth-order valence-corrected chi connectivity index (χ4v) is 1.67. The van der Waals surface area contributed by atoms with E-state index >= 15 is 0 Å². The van der Waals surface area contributed by atoms with Gasteiger partial charge in [0.25, 0.3) is 0 Å². The van der Waals surface area contributed by atoms with Gasteiger partial charge < -0.3 is 10.1 Å². The van der Waals surface area contributed by atoms with Gasteiger partial charge in [0, 0.05) is 13.7 Å². The van der Waals surface area contributed by atoms with Gasteiger partial charge in [0.05, 0.1) is 0 Å². The largest absolute Gasteiger partial charge is 0.375 e. The highest BCUT2D eigenvalue weighted by Gasteiger charge is 1.97. The first-order valence-corrected chi connectivity index (χ1v) is 6.57. The molecule has 0 saturated heterocycles. The zero-order valence-electron chi connectivity index (χ0n) is 10.9. The summed E-state index contributed by atoms with van der Waals surface area (Å²) in [4.78, 5) is 11.0. The molecule has 0 aromatic heterocycles. The number of carbonyl (C=O) groups excluding carboxylic acids is 1. The maximum absolute atomic E-state index is 11.0. The number of rotatable bonds is 11. The predicted octanol–water partition coefficient (Wildman–Crippen LogP) is 2.89. The van der Waals surface area contributed by atoms with Crippen LogP contribution in [0.1, 0.15) is 58.3 Å². The molecule has 0 heterocycles. The van der Waals surface area contributed by atoms with Crippen LogP contribution in [-0.2, 0) is 9.53 Å². The monoisotopic (exact) mass is 229 g/mol. The van der Waals surface area contributed by atoms with Crippen molar-refractivity contribution in [1.29, 1.82) is 0 Å². The van der Waals surface area contributed by atoms with Gasteiger partial charge in [-0.3, -0.25) is 4.79 Å². The van der Waals surface area contributed by atoms with Crippen molar-refractivity contribution in [2.75, 3.05) is 20.3 Å². The standard InChI is InChI=1S/C13H27NO2/c1-3-4-5-6-7-8-9-10-11-14-13(15)12-16-2/h3-12H2,1-2H3,(H,14,15). The summed E-state index contributed by atoms with van der Waals surface area (Å²) in [6, 6.07) is 0. The lowest BCUT2D eigenvalue weighted by Crippen LogP contribution is -2.27. The molecule has 3 nitrogen and oxygen atoms in total. The van der Waals surface area contributed by atoms with Crippen molar-refractivity contribution < 1.29 is 9.53 Å². The van der Waals surface area contributed by atoms with Crippen LogP contribution in [0.2, 0.25) is 0 Å². The highest BCUT2D eigenvalue weighted by Crippen LogP contribution is 2.07. The van der Waals surface area contributed by atoms with E-state index in [9.17, 15) is 4.79 Å². The van der Waals surface area contributed by atoms with Crippen molar-refractivity contribution in [1.82, 2.24) is 5.32 Å². The summed E-state index contributed by atoms with van der Waals surface area (Å²) in [6.45, 7) is 3.21. The third-order valence-corrected chi connectivity index (χ3v) is 2.63. The molecule has 96 valence electrons. The van der Waals surface area contributed by atoms with E-state index in [-0.39, 0.29) is 12.5 Å². The summed E-state index contributed by atoms with van der Waals surface area (Å²) in [6.07, 6.45) is 10.4. The quantitative estimate of drug-likeness (QED) is 0.553. The molecule has 0 atom stereocenters. The lowest BCUT2D eigenvalue weighted by molar-refractivity contribution is -0.124. The van der Waals surface area contributed by atoms with Gasteiger partial charge in [-0.25, -0.2) is 0 Å². The minimum Gasteiger partial charge on any atom is -0.375 e. The Labute approximate surface area is 99.9 Å². The van der Waals surface area contributed by atoms with Crippen molar-refractivity contribution in [3.63, 3.8) is 0 Å². The maximum atomic E-state index is 11.0. The molecule has 0 saturated carbocycles. The zero-order valence-corrected chi connectivity index (χ0v) is 10.9. The number of ether oxygens (including phenoxy) is 1. The van der Waals surface area contributed by atoms with E-state index in [1.807, 2.05) is 0 Å².